The molecule has 8 nitrogen and oxygen atoms in total. The molecule has 3 aliphatic heterocycles. The standard InChI is InChI=1S/C26H28ClN3O5/c1-2-33-26(32)18-6-5-11-29(14-18)15-25(31)30-22(17-9-10-23-24(12-17)35-16-34-23)13-21(28-30)19-7-3-4-8-20(19)27/h3-4,7-10,12,18,22H,2,5-6,11,13-16H2,1H3/t18-,22+/m0/s1. The number of carbonyl (C=O) groups excluding carboxylic acids is 2. The van der Waals surface area contributed by atoms with E-state index in [1.165, 1.54) is 0 Å². The average molecular weight is 498 g/mol. The van der Waals surface area contributed by atoms with Crippen LogP contribution >= 0.6 is 11.6 Å². The highest BCUT2D eigenvalue weighted by Gasteiger charge is 2.36. The summed E-state index contributed by atoms with van der Waals surface area (Å²) in [7, 11) is 0. The van der Waals surface area contributed by atoms with Gasteiger partial charge in [-0.15, -0.1) is 0 Å². The molecule has 0 radical (unpaired) electrons. The van der Waals surface area contributed by atoms with E-state index >= 15 is 0 Å². The Morgan fingerprint density at radius 1 is 1.17 bits per heavy atom. The Kier molecular flexibility index (Phi) is 6.92. The third-order valence-electron chi connectivity index (χ3n) is 6.62. The van der Waals surface area contributed by atoms with Crippen LogP contribution in [0.3, 0.4) is 0 Å². The fourth-order valence-electron chi connectivity index (χ4n) is 4.89. The van der Waals surface area contributed by atoms with Gasteiger partial charge in [0, 0.05) is 23.6 Å². The number of rotatable bonds is 6. The van der Waals surface area contributed by atoms with Crippen LogP contribution in [0.1, 0.15) is 43.4 Å². The van der Waals surface area contributed by atoms with Gasteiger partial charge in [-0.25, -0.2) is 5.01 Å². The molecule has 3 heterocycles. The zero-order valence-corrected chi connectivity index (χ0v) is 20.4. The van der Waals surface area contributed by atoms with Gasteiger partial charge >= 0.3 is 5.97 Å². The molecule has 5 rings (SSSR count). The van der Waals surface area contributed by atoms with Gasteiger partial charge in [0.1, 0.15) is 0 Å². The number of benzene rings is 2. The summed E-state index contributed by atoms with van der Waals surface area (Å²) in [6.45, 7) is 3.79. The normalized spacial score (nSPS) is 21.7. The zero-order valence-electron chi connectivity index (χ0n) is 19.6. The van der Waals surface area contributed by atoms with Crippen molar-refractivity contribution in [3.8, 4) is 11.5 Å². The van der Waals surface area contributed by atoms with E-state index in [2.05, 4.69) is 0 Å². The van der Waals surface area contributed by atoms with Crippen molar-refractivity contribution in [3.05, 3.63) is 58.6 Å². The summed E-state index contributed by atoms with van der Waals surface area (Å²) >= 11 is 6.46. The molecule has 0 saturated carbocycles. The van der Waals surface area contributed by atoms with E-state index in [-0.39, 0.29) is 37.2 Å². The van der Waals surface area contributed by atoms with Gasteiger partial charge in [0.25, 0.3) is 5.91 Å². The number of carbonyl (C=O) groups is 2. The average Bonchev–Trinajstić information content (AvgIpc) is 3.51. The van der Waals surface area contributed by atoms with Crippen LogP contribution in [0.2, 0.25) is 5.02 Å². The highest BCUT2D eigenvalue weighted by atomic mass is 35.5. The van der Waals surface area contributed by atoms with Gasteiger partial charge in [0.05, 0.1) is 30.8 Å². The fourth-order valence-corrected chi connectivity index (χ4v) is 5.14. The number of fused-ring (bicyclic) bond motifs is 1. The Morgan fingerprint density at radius 2 is 2.00 bits per heavy atom. The van der Waals surface area contributed by atoms with Crippen LogP contribution in [-0.2, 0) is 14.3 Å². The number of piperidine rings is 1. The van der Waals surface area contributed by atoms with Crippen molar-refractivity contribution in [1.29, 1.82) is 0 Å². The topological polar surface area (TPSA) is 80.7 Å². The second kappa shape index (κ2) is 10.3. The second-order valence-electron chi connectivity index (χ2n) is 8.92. The van der Waals surface area contributed by atoms with E-state index in [0.717, 1.165) is 36.2 Å². The summed E-state index contributed by atoms with van der Waals surface area (Å²) in [5.41, 5.74) is 2.49. The van der Waals surface area contributed by atoms with E-state index in [9.17, 15) is 9.59 Å². The van der Waals surface area contributed by atoms with Crippen molar-refractivity contribution in [2.24, 2.45) is 11.0 Å². The van der Waals surface area contributed by atoms with Gasteiger partial charge < -0.3 is 14.2 Å². The molecule has 0 aliphatic carbocycles. The summed E-state index contributed by atoms with van der Waals surface area (Å²) in [5, 5.41) is 6.90. The van der Waals surface area contributed by atoms with E-state index < -0.39 is 0 Å². The van der Waals surface area contributed by atoms with Gasteiger partial charge in [0.15, 0.2) is 11.5 Å². The molecule has 3 aliphatic rings. The van der Waals surface area contributed by atoms with Crippen molar-refractivity contribution in [2.45, 2.75) is 32.2 Å². The quantitative estimate of drug-likeness (QED) is 0.561. The number of halogens is 1. The van der Waals surface area contributed by atoms with E-state index in [1.807, 2.05) is 47.4 Å². The SMILES string of the molecule is CCOC(=O)[C@H]1CCCN(CC(=O)N2N=C(c3ccccc3Cl)C[C@@H]2c2ccc3c(c2)OCO3)C1. The largest absolute Gasteiger partial charge is 0.466 e. The van der Waals surface area contributed by atoms with Crippen molar-refractivity contribution >= 4 is 29.2 Å². The molecule has 0 spiro atoms. The zero-order chi connectivity index (χ0) is 24.4. The van der Waals surface area contributed by atoms with Crippen molar-refractivity contribution in [1.82, 2.24) is 9.91 Å². The Balaban J connectivity index is 1.38. The van der Waals surface area contributed by atoms with Crippen molar-refractivity contribution < 1.29 is 23.8 Å². The second-order valence-corrected chi connectivity index (χ2v) is 9.33. The van der Waals surface area contributed by atoms with Crippen molar-refractivity contribution in [2.75, 3.05) is 33.0 Å². The number of hydrogen-bond donors (Lipinski definition) is 0. The maximum absolute atomic E-state index is 13.6. The predicted molar refractivity (Wildman–Crippen MR) is 131 cm³/mol. The molecule has 0 unspecified atom stereocenters. The van der Waals surface area contributed by atoms with Crippen LogP contribution in [0.4, 0.5) is 0 Å². The van der Waals surface area contributed by atoms with Gasteiger partial charge in [-0.05, 0) is 50.1 Å². The maximum atomic E-state index is 13.6. The highest BCUT2D eigenvalue weighted by molar-refractivity contribution is 6.34. The molecular weight excluding hydrogens is 470 g/mol. The summed E-state index contributed by atoms with van der Waals surface area (Å²) in [4.78, 5) is 27.8. The molecule has 35 heavy (non-hydrogen) atoms. The Bertz CT molecular complexity index is 1150. The van der Waals surface area contributed by atoms with E-state index in [1.54, 1.807) is 11.9 Å². The molecule has 1 amide bonds. The molecular formula is C26H28ClN3O5. The van der Waals surface area contributed by atoms with Gasteiger partial charge in [0.2, 0.25) is 6.79 Å². The molecule has 184 valence electrons. The Hall–Kier alpha value is -3.10. The smallest absolute Gasteiger partial charge is 0.310 e. The van der Waals surface area contributed by atoms with Gasteiger partial charge in [-0.3, -0.25) is 14.5 Å². The molecule has 0 bridgehead atoms. The van der Waals surface area contributed by atoms with Gasteiger partial charge in [-0.2, -0.15) is 5.10 Å². The lowest BCUT2D eigenvalue weighted by Gasteiger charge is -2.32. The first-order valence-electron chi connectivity index (χ1n) is 12.0. The number of hydrogen-bond acceptors (Lipinski definition) is 7. The maximum Gasteiger partial charge on any atom is 0.310 e. The van der Waals surface area contributed by atoms with Crippen LogP contribution in [0.5, 0.6) is 11.5 Å². The molecule has 2 aromatic carbocycles. The number of hydrazone groups is 1. The lowest BCUT2D eigenvalue weighted by atomic mass is 9.97. The minimum atomic E-state index is -0.297. The fraction of sp³-hybridized carbons (Fsp3) is 0.423. The summed E-state index contributed by atoms with van der Waals surface area (Å²) in [5.74, 6) is 0.828. The van der Waals surface area contributed by atoms with E-state index in [0.29, 0.717) is 36.1 Å². The first-order valence-corrected chi connectivity index (χ1v) is 12.3. The number of ether oxygens (including phenoxy) is 3. The van der Waals surface area contributed by atoms with Crippen LogP contribution in [0.15, 0.2) is 47.6 Å². The summed E-state index contributed by atoms with van der Waals surface area (Å²) in [6, 6.07) is 12.9. The lowest BCUT2D eigenvalue weighted by molar-refractivity contribution is -0.150. The number of nitrogens with zero attached hydrogens (tertiary/aromatic N) is 3. The minimum absolute atomic E-state index is 0.126. The molecule has 0 N–H and O–H groups in total. The number of likely N-dealkylation sites (tertiary alicyclic amines) is 1. The van der Waals surface area contributed by atoms with Crippen LogP contribution in [0, 0.1) is 5.92 Å². The summed E-state index contributed by atoms with van der Waals surface area (Å²) in [6.07, 6.45) is 2.15. The summed E-state index contributed by atoms with van der Waals surface area (Å²) < 4.78 is 16.2. The monoisotopic (exact) mass is 497 g/mol. The first-order chi connectivity index (χ1) is 17.0. The van der Waals surface area contributed by atoms with Crippen LogP contribution < -0.4 is 9.47 Å². The molecule has 1 fully saturated rings. The predicted octanol–water partition coefficient (Wildman–Crippen LogP) is 4.02. The number of amides is 1. The highest BCUT2D eigenvalue weighted by Crippen LogP contribution is 2.40. The number of esters is 1. The molecule has 2 aromatic rings. The molecule has 2 atom stereocenters. The molecule has 0 aromatic heterocycles. The molecule has 9 heteroatoms. The molecule has 1 saturated heterocycles. The third kappa shape index (κ3) is 4.99. The minimum Gasteiger partial charge on any atom is -0.466 e. The van der Waals surface area contributed by atoms with Crippen LogP contribution in [-0.4, -0.2) is 60.5 Å². The van der Waals surface area contributed by atoms with Gasteiger partial charge in [-0.1, -0.05) is 35.9 Å². The van der Waals surface area contributed by atoms with Crippen LogP contribution in [0.25, 0.3) is 0 Å². The Labute approximate surface area is 209 Å². The lowest BCUT2D eigenvalue weighted by Crippen LogP contribution is -2.44. The third-order valence-corrected chi connectivity index (χ3v) is 6.95. The van der Waals surface area contributed by atoms with Crippen molar-refractivity contribution in [3.63, 3.8) is 0 Å². The Morgan fingerprint density at radius 3 is 2.83 bits per heavy atom. The first kappa shape index (κ1) is 23.6. The van der Waals surface area contributed by atoms with E-state index in [4.69, 9.17) is 30.9 Å².